The molecule has 5 nitrogen and oxygen atoms in total. The van der Waals surface area contributed by atoms with Gasteiger partial charge in [-0.1, -0.05) is 41.9 Å². The summed E-state index contributed by atoms with van der Waals surface area (Å²) in [5, 5.41) is 3.08. The number of hydrogen-bond donors (Lipinski definition) is 1. The number of rotatable bonds is 3. The molecule has 132 valence electrons. The first-order chi connectivity index (χ1) is 13.1. The zero-order valence-corrected chi connectivity index (χ0v) is 14.7. The Labute approximate surface area is 160 Å². The molecule has 0 saturated heterocycles. The van der Waals surface area contributed by atoms with Gasteiger partial charge in [-0.3, -0.25) is 14.4 Å². The Morgan fingerprint density at radius 3 is 2.11 bits per heavy atom. The second kappa shape index (κ2) is 6.70. The van der Waals surface area contributed by atoms with Gasteiger partial charge in [0.25, 0.3) is 17.7 Å². The van der Waals surface area contributed by atoms with E-state index in [0.717, 1.165) is 4.90 Å². The molecule has 0 aromatic heterocycles. The molecule has 27 heavy (non-hydrogen) atoms. The van der Waals surface area contributed by atoms with Crippen molar-refractivity contribution in [1.82, 2.24) is 0 Å². The third-order valence-electron chi connectivity index (χ3n) is 4.27. The second-order valence-corrected chi connectivity index (χ2v) is 6.38. The summed E-state index contributed by atoms with van der Waals surface area (Å²) < 4.78 is 0. The van der Waals surface area contributed by atoms with Gasteiger partial charge < -0.3 is 5.32 Å². The molecule has 0 spiro atoms. The maximum Gasteiger partial charge on any atom is 0.266 e. The van der Waals surface area contributed by atoms with Gasteiger partial charge in [-0.25, -0.2) is 4.90 Å². The van der Waals surface area contributed by atoms with Gasteiger partial charge in [0.15, 0.2) is 0 Å². The number of nitrogens with zero attached hydrogens (tertiary/aromatic N) is 1. The highest BCUT2D eigenvalue weighted by molar-refractivity contribution is 6.35. The van der Waals surface area contributed by atoms with E-state index in [2.05, 4.69) is 5.32 Å². The highest BCUT2D eigenvalue weighted by Gasteiger charge is 2.36. The minimum absolute atomic E-state index is 0.338. The van der Waals surface area contributed by atoms with Gasteiger partial charge in [-0.2, -0.15) is 0 Å². The maximum absolute atomic E-state index is 12.6. The van der Waals surface area contributed by atoms with Crippen LogP contribution < -0.4 is 10.2 Å². The van der Waals surface area contributed by atoms with Crippen LogP contribution in [-0.4, -0.2) is 17.7 Å². The van der Waals surface area contributed by atoms with E-state index in [1.54, 1.807) is 72.8 Å². The molecule has 0 bridgehead atoms. The standard InChI is InChI=1S/C21H13ClN2O3/c22-18-11-4-3-10-17(18)19(25)23-13-6-5-7-14(12-13)24-20(26)15-8-1-2-9-16(15)21(24)27/h1-12H,(H,23,25). The first kappa shape index (κ1) is 17.0. The number of nitrogens with one attached hydrogen (secondary N) is 1. The van der Waals surface area contributed by atoms with Gasteiger partial charge in [0.1, 0.15) is 0 Å². The normalized spacial score (nSPS) is 12.9. The highest BCUT2D eigenvalue weighted by Crippen LogP contribution is 2.30. The summed E-state index contributed by atoms with van der Waals surface area (Å²) in [5.41, 5.74) is 1.92. The molecule has 3 aromatic carbocycles. The van der Waals surface area contributed by atoms with E-state index in [1.807, 2.05) is 0 Å². The number of halogens is 1. The summed E-state index contributed by atoms with van der Waals surface area (Å²) in [6.45, 7) is 0. The molecule has 0 unspecified atom stereocenters. The smallest absolute Gasteiger partial charge is 0.266 e. The average Bonchev–Trinajstić information content (AvgIpc) is 2.93. The van der Waals surface area contributed by atoms with Crippen molar-refractivity contribution in [3.05, 3.63) is 94.5 Å². The van der Waals surface area contributed by atoms with E-state index >= 15 is 0 Å². The van der Waals surface area contributed by atoms with E-state index < -0.39 is 0 Å². The highest BCUT2D eigenvalue weighted by atomic mass is 35.5. The molecule has 3 aromatic rings. The molecular formula is C21H13ClN2O3. The van der Waals surface area contributed by atoms with Crippen molar-refractivity contribution >= 4 is 40.7 Å². The number of carbonyl (C=O) groups excluding carboxylic acids is 3. The van der Waals surface area contributed by atoms with Gasteiger partial charge in [0.2, 0.25) is 0 Å². The second-order valence-electron chi connectivity index (χ2n) is 5.98. The lowest BCUT2D eigenvalue weighted by molar-refractivity contribution is 0.0925. The van der Waals surface area contributed by atoms with Crippen LogP contribution in [0.15, 0.2) is 72.8 Å². The fraction of sp³-hybridized carbons (Fsp3) is 0. The fourth-order valence-electron chi connectivity index (χ4n) is 2.99. The van der Waals surface area contributed by atoms with Crippen LogP contribution in [0.2, 0.25) is 5.02 Å². The van der Waals surface area contributed by atoms with Crippen LogP contribution in [-0.2, 0) is 0 Å². The molecule has 0 saturated carbocycles. The molecule has 1 aliphatic heterocycles. The van der Waals surface area contributed by atoms with Crippen molar-refractivity contribution in [2.24, 2.45) is 0 Å². The van der Waals surface area contributed by atoms with Gasteiger partial charge in [0.05, 0.1) is 27.4 Å². The van der Waals surface area contributed by atoms with Gasteiger partial charge >= 0.3 is 0 Å². The number of imide groups is 1. The van der Waals surface area contributed by atoms with Crippen molar-refractivity contribution in [3.63, 3.8) is 0 Å². The Morgan fingerprint density at radius 2 is 1.44 bits per heavy atom. The Kier molecular flexibility index (Phi) is 4.22. The minimum Gasteiger partial charge on any atom is -0.322 e. The van der Waals surface area contributed by atoms with E-state index in [1.165, 1.54) is 0 Å². The molecule has 0 aliphatic carbocycles. The molecular weight excluding hydrogens is 364 g/mol. The first-order valence-corrected chi connectivity index (χ1v) is 8.58. The van der Waals surface area contributed by atoms with Gasteiger partial charge in [0, 0.05) is 5.69 Å². The predicted molar refractivity (Wildman–Crippen MR) is 103 cm³/mol. The van der Waals surface area contributed by atoms with E-state index in [4.69, 9.17) is 11.6 Å². The van der Waals surface area contributed by atoms with Crippen LogP contribution in [0.4, 0.5) is 11.4 Å². The zero-order valence-electron chi connectivity index (χ0n) is 14.0. The van der Waals surface area contributed by atoms with Crippen LogP contribution >= 0.6 is 11.6 Å². The zero-order chi connectivity index (χ0) is 19.0. The summed E-state index contributed by atoms with van der Waals surface area (Å²) in [6, 6.07) is 20.0. The Hall–Kier alpha value is -3.44. The third-order valence-corrected chi connectivity index (χ3v) is 4.60. The Balaban J connectivity index is 1.63. The molecule has 3 amide bonds. The summed E-state index contributed by atoms with van der Waals surface area (Å²) in [4.78, 5) is 38.8. The van der Waals surface area contributed by atoms with Crippen LogP contribution in [0, 0.1) is 0 Å². The van der Waals surface area contributed by atoms with Crippen LogP contribution in [0.25, 0.3) is 0 Å². The lowest BCUT2D eigenvalue weighted by atomic mass is 10.1. The molecule has 1 aliphatic rings. The van der Waals surface area contributed by atoms with Crippen LogP contribution in [0.3, 0.4) is 0 Å². The van der Waals surface area contributed by atoms with Crippen molar-refractivity contribution in [2.75, 3.05) is 10.2 Å². The number of amides is 3. The van der Waals surface area contributed by atoms with E-state index in [9.17, 15) is 14.4 Å². The number of carbonyl (C=O) groups is 3. The number of anilines is 2. The lowest BCUT2D eigenvalue weighted by Gasteiger charge is -2.15. The van der Waals surface area contributed by atoms with Crippen molar-refractivity contribution in [1.29, 1.82) is 0 Å². The minimum atomic E-state index is -0.384. The summed E-state index contributed by atoms with van der Waals surface area (Å²) in [5.74, 6) is -1.14. The maximum atomic E-state index is 12.6. The van der Waals surface area contributed by atoms with Crippen LogP contribution in [0.1, 0.15) is 31.1 Å². The van der Waals surface area contributed by atoms with E-state index in [0.29, 0.717) is 33.1 Å². The monoisotopic (exact) mass is 376 g/mol. The Morgan fingerprint density at radius 1 is 0.815 bits per heavy atom. The summed E-state index contributed by atoms with van der Waals surface area (Å²) >= 11 is 6.05. The topological polar surface area (TPSA) is 66.5 Å². The van der Waals surface area contributed by atoms with Gasteiger partial charge in [-0.15, -0.1) is 0 Å². The number of hydrogen-bond acceptors (Lipinski definition) is 3. The molecule has 0 radical (unpaired) electrons. The van der Waals surface area contributed by atoms with E-state index in [-0.39, 0.29) is 17.7 Å². The van der Waals surface area contributed by atoms with Crippen molar-refractivity contribution in [2.45, 2.75) is 0 Å². The Bertz CT molecular complexity index is 1060. The molecule has 4 rings (SSSR count). The lowest BCUT2D eigenvalue weighted by Crippen LogP contribution is -2.29. The molecule has 0 atom stereocenters. The molecule has 6 heteroatoms. The van der Waals surface area contributed by atoms with Crippen molar-refractivity contribution < 1.29 is 14.4 Å². The molecule has 1 heterocycles. The predicted octanol–water partition coefficient (Wildman–Crippen LogP) is 4.39. The largest absolute Gasteiger partial charge is 0.322 e. The SMILES string of the molecule is O=C(Nc1cccc(N2C(=O)c3ccccc3C2=O)c1)c1ccccc1Cl. The van der Waals surface area contributed by atoms with Gasteiger partial charge in [-0.05, 0) is 42.5 Å². The number of fused-ring (bicyclic) bond motifs is 1. The molecule has 1 N–H and O–H groups in total. The summed E-state index contributed by atoms with van der Waals surface area (Å²) in [6.07, 6.45) is 0. The first-order valence-electron chi connectivity index (χ1n) is 8.20. The third kappa shape index (κ3) is 2.98. The quantitative estimate of drug-likeness (QED) is 0.689. The molecule has 0 fully saturated rings. The summed E-state index contributed by atoms with van der Waals surface area (Å²) in [7, 11) is 0. The van der Waals surface area contributed by atoms with Crippen LogP contribution in [0.5, 0.6) is 0 Å². The fourth-order valence-corrected chi connectivity index (χ4v) is 3.21. The number of benzene rings is 3. The van der Waals surface area contributed by atoms with Crippen molar-refractivity contribution in [3.8, 4) is 0 Å². The average molecular weight is 377 g/mol.